The van der Waals surface area contributed by atoms with E-state index in [1.165, 1.54) is 16.7 Å². The maximum atomic E-state index is 5.90. The van der Waals surface area contributed by atoms with Gasteiger partial charge in [0.2, 0.25) is 0 Å². The van der Waals surface area contributed by atoms with Gasteiger partial charge < -0.3 is 5.73 Å². The molecule has 2 nitrogen and oxygen atoms in total. The molecule has 2 rings (SSSR count). The van der Waals surface area contributed by atoms with Crippen LogP contribution >= 0.6 is 0 Å². The maximum Gasteiger partial charge on any atom is 0.0306 e. The highest BCUT2D eigenvalue weighted by Crippen LogP contribution is 2.21. The van der Waals surface area contributed by atoms with Crippen molar-refractivity contribution >= 4 is 6.08 Å². The van der Waals surface area contributed by atoms with E-state index in [0.717, 1.165) is 6.42 Å². The molecule has 1 heterocycles. The molecule has 1 atom stereocenters. The van der Waals surface area contributed by atoms with Gasteiger partial charge in [0.15, 0.2) is 0 Å². The van der Waals surface area contributed by atoms with Crippen molar-refractivity contribution < 1.29 is 0 Å². The third kappa shape index (κ3) is 1.14. The molecule has 0 saturated heterocycles. The van der Waals surface area contributed by atoms with Crippen LogP contribution < -0.4 is 5.73 Å². The Morgan fingerprint density at radius 3 is 3.25 bits per heavy atom. The number of hydrogen-bond acceptors (Lipinski definition) is 2. The monoisotopic (exact) mass is 160 g/mol. The van der Waals surface area contributed by atoms with Crippen LogP contribution in [-0.2, 0) is 6.42 Å². The molecule has 0 fully saturated rings. The fourth-order valence-electron chi connectivity index (χ4n) is 1.50. The second-order valence-electron chi connectivity index (χ2n) is 3.27. The first-order chi connectivity index (χ1) is 5.77. The number of aromatic nitrogens is 1. The molecule has 12 heavy (non-hydrogen) atoms. The summed E-state index contributed by atoms with van der Waals surface area (Å²) in [6, 6.07) is 2.21. The lowest BCUT2D eigenvalue weighted by Gasteiger charge is -2.19. The first kappa shape index (κ1) is 7.50. The molecule has 62 valence electrons. The van der Waals surface area contributed by atoms with Crippen LogP contribution in [0.3, 0.4) is 0 Å². The van der Waals surface area contributed by atoms with Crippen LogP contribution in [0.25, 0.3) is 6.08 Å². The zero-order valence-electron chi connectivity index (χ0n) is 7.12. The SMILES string of the molecule is CC1=Cc2ccncc2CC1N. The van der Waals surface area contributed by atoms with E-state index in [1.807, 2.05) is 18.5 Å². The molecule has 1 aromatic heterocycles. The number of hydrogen-bond donors (Lipinski definition) is 1. The van der Waals surface area contributed by atoms with Crippen LogP contribution in [0.5, 0.6) is 0 Å². The maximum absolute atomic E-state index is 5.90. The molecule has 0 amide bonds. The van der Waals surface area contributed by atoms with Crippen molar-refractivity contribution in [3.8, 4) is 0 Å². The molecule has 0 aromatic carbocycles. The van der Waals surface area contributed by atoms with Crippen molar-refractivity contribution in [2.45, 2.75) is 19.4 Å². The number of fused-ring (bicyclic) bond motifs is 1. The Balaban J connectivity index is 2.49. The molecule has 0 saturated carbocycles. The van der Waals surface area contributed by atoms with Gasteiger partial charge in [0, 0.05) is 18.4 Å². The fourth-order valence-corrected chi connectivity index (χ4v) is 1.50. The van der Waals surface area contributed by atoms with Gasteiger partial charge in [-0.1, -0.05) is 11.6 Å². The van der Waals surface area contributed by atoms with Crippen LogP contribution in [0.4, 0.5) is 0 Å². The van der Waals surface area contributed by atoms with Crippen LogP contribution in [-0.4, -0.2) is 11.0 Å². The van der Waals surface area contributed by atoms with Gasteiger partial charge in [0.1, 0.15) is 0 Å². The van der Waals surface area contributed by atoms with Crippen LogP contribution in [0.15, 0.2) is 24.0 Å². The molecular weight excluding hydrogens is 148 g/mol. The largest absolute Gasteiger partial charge is 0.324 e. The van der Waals surface area contributed by atoms with E-state index in [1.54, 1.807) is 0 Å². The quantitative estimate of drug-likeness (QED) is 0.622. The normalized spacial score (nSPS) is 21.5. The molecule has 1 aliphatic rings. The Morgan fingerprint density at radius 1 is 1.58 bits per heavy atom. The summed E-state index contributed by atoms with van der Waals surface area (Å²) in [6.07, 6.45) is 6.79. The van der Waals surface area contributed by atoms with Crippen molar-refractivity contribution in [1.82, 2.24) is 4.98 Å². The number of nitrogens with two attached hydrogens (primary N) is 1. The summed E-state index contributed by atoms with van der Waals surface area (Å²) < 4.78 is 0. The Hall–Kier alpha value is -1.15. The average Bonchev–Trinajstić information content (AvgIpc) is 2.07. The van der Waals surface area contributed by atoms with E-state index in [-0.39, 0.29) is 6.04 Å². The Bertz CT molecular complexity index is 328. The first-order valence-corrected chi connectivity index (χ1v) is 4.14. The van der Waals surface area contributed by atoms with Gasteiger partial charge in [-0.05, 0) is 30.5 Å². The lowest BCUT2D eigenvalue weighted by molar-refractivity contribution is 0.754. The van der Waals surface area contributed by atoms with Gasteiger partial charge in [0.25, 0.3) is 0 Å². The highest BCUT2D eigenvalue weighted by Gasteiger charge is 2.13. The fraction of sp³-hybridized carbons (Fsp3) is 0.300. The van der Waals surface area contributed by atoms with Crippen molar-refractivity contribution in [2.75, 3.05) is 0 Å². The molecule has 1 unspecified atom stereocenters. The number of rotatable bonds is 0. The molecule has 0 aliphatic heterocycles. The zero-order chi connectivity index (χ0) is 8.55. The molecule has 2 N–H and O–H groups in total. The molecular formula is C10H12N2. The summed E-state index contributed by atoms with van der Waals surface area (Å²) in [6.45, 7) is 2.08. The summed E-state index contributed by atoms with van der Waals surface area (Å²) in [7, 11) is 0. The van der Waals surface area contributed by atoms with Crippen molar-refractivity contribution in [1.29, 1.82) is 0 Å². The molecule has 0 radical (unpaired) electrons. The van der Waals surface area contributed by atoms with Gasteiger partial charge in [-0.25, -0.2) is 0 Å². The van der Waals surface area contributed by atoms with Crippen molar-refractivity contribution in [3.05, 3.63) is 35.2 Å². The topological polar surface area (TPSA) is 38.9 Å². The predicted molar refractivity (Wildman–Crippen MR) is 49.6 cm³/mol. The van der Waals surface area contributed by atoms with Gasteiger partial charge in [-0.2, -0.15) is 0 Å². The zero-order valence-corrected chi connectivity index (χ0v) is 7.12. The van der Waals surface area contributed by atoms with Gasteiger partial charge in [-0.15, -0.1) is 0 Å². The summed E-state index contributed by atoms with van der Waals surface area (Å²) >= 11 is 0. The van der Waals surface area contributed by atoms with Crippen molar-refractivity contribution in [2.24, 2.45) is 5.73 Å². The van der Waals surface area contributed by atoms with Gasteiger partial charge >= 0.3 is 0 Å². The van der Waals surface area contributed by atoms with Crippen LogP contribution in [0, 0.1) is 0 Å². The molecule has 0 spiro atoms. The molecule has 1 aromatic rings. The van der Waals surface area contributed by atoms with E-state index in [2.05, 4.69) is 18.0 Å². The summed E-state index contributed by atoms with van der Waals surface area (Å²) in [5.74, 6) is 0. The summed E-state index contributed by atoms with van der Waals surface area (Å²) in [5, 5.41) is 0. The Labute approximate surface area is 72.1 Å². The van der Waals surface area contributed by atoms with E-state index in [4.69, 9.17) is 5.73 Å². The second kappa shape index (κ2) is 2.72. The smallest absolute Gasteiger partial charge is 0.0306 e. The van der Waals surface area contributed by atoms with Gasteiger partial charge in [0.05, 0.1) is 0 Å². The molecule has 2 heteroatoms. The van der Waals surface area contributed by atoms with E-state index < -0.39 is 0 Å². The van der Waals surface area contributed by atoms with E-state index in [9.17, 15) is 0 Å². The molecule has 0 bridgehead atoms. The van der Waals surface area contributed by atoms with Crippen molar-refractivity contribution in [3.63, 3.8) is 0 Å². The Kier molecular flexibility index (Phi) is 1.70. The third-order valence-corrected chi connectivity index (χ3v) is 2.35. The van der Waals surface area contributed by atoms with Gasteiger partial charge in [-0.3, -0.25) is 4.98 Å². The number of pyridine rings is 1. The van der Waals surface area contributed by atoms with E-state index in [0.29, 0.717) is 0 Å². The van der Waals surface area contributed by atoms with Crippen LogP contribution in [0.1, 0.15) is 18.1 Å². The van der Waals surface area contributed by atoms with E-state index >= 15 is 0 Å². The Morgan fingerprint density at radius 2 is 2.42 bits per heavy atom. The minimum atomic E-state index is 0.182. The summed E-state index contributed by atoms with van der Waals surface area (Å²) in [5.41, 5.74) is 9.68. The standard InChI is InChI=1S/C10H12N2/c1-7-4-8-2-3-12-6-9(8)5-10(7)11/h2-4,6,10H,5,11H2,1H3. The minimum Gasteiger partial charge on any atom is -0.324 e. The minimum absolute atomic E-state index is 0.182. The molecule has 1 aliphatic carbocycles. The number of nitrogens with zero attached hydrogens (tertiary/aromatic N) is 1. The highest BCUT2D eigenvalue weighted by atomic mass is 14.7. The average molecular weight is 160 g/mol. The lowest BCUT2D eigenvalue weighted by Crippen LogP contribution is -2.26. The first-order valence-electron chi connectivity index (χ1n) is 4.14. The second-order valence-corrected chi connectivity index (χ2v) is 3.27. The van der Waals surface area contributed by atoms with Crippen LogP contribution in [0.2, 0.25) is 0 Å². The third-order valence-electron chi connectivity index (χ3n) is 2.35. The summed E-state index contributed by atoms with van der Waals surface area (Å²) in [4.78, 5) is 4.07. The predicted octanol–water partition coefficient (Wildman–Crippen LogP) is 1.37. The lowest BCUT2D eigenvalue weighted by atomic mass is 9.91. The highest BCUT2D eigenvalue weighted by molar-refractivity contribution is 5.59.